The van der Waals surface area contributed by atoms with Crippen LogP contribution in [0.4, 0.5) is 4.79 Å². The molecule has 3 rings (SSSR count). The number of carbonyl (C=O) groups is 1. The summed E-state index contributed by atoms with van der Waals surface area (Å²) in [6, 6.07) is -0.0393. The van der Waals surface area contributed by atoms with E-state index < -0.39 is 0 Å². The van der Waals surface area contributed by atoms with E-state index in [0.29, 0.717) is 31.3 Å². The van der Waals surface area contributed by atoms with Gasteiger partial charge in [0.05, 0.1) is 12.7 Å². The minimum Gasteiger partial charge on any atom is -0.381 e. The van der Waals surface area contributed by atoms with E-state index >= 15 is 0 Å². The Morgan fingerprint density at radius 1 is 1.38 bits per heavy atom. The average Bonchev–Trinajstić information content (AvgIpc) is 3.11. The number of nitrogens with zero attached hydrogens (tertiary/aromatic N) is 3. The number of amides is 2. The maximum Gasteiger partial charge on any atom is 0.317 e. The number of nitrogens with one attached hydrogen (secondary N) is 1. The molecule has 0 saturated carbocycles. The second kappa shape index (κ2) is 8.43. The Kier molecular flexibility index (Phi) is 6.03. The Morgan fingerprint density at radius 2 is 2.21 bits per heavy atom. The first-order chi connectivity index (χ1) is 11.8. The third-order valence-corrected chi connectivity index (χ3v) is 4.61. The minimum atomic E-state index is -0.0393. The van der Waals surface area contributed by atoms with Crippen molar-refractivity contribution in [3.05, 3.63) is 11.7 Å². The first-order valence-corrected chi connectivity index (χ1v) is 8.74. The summed E-state index contributed by atoms with van der Waals surface area (Å²) in [5, 5.41) is 6.71. The maximum absolute atomic E-state index is 11.7. The first-order valence-electron chi connectivity index (χ1n) is 8.74. The largest absolute Gasteiger partial charge is 0.381 e. The molecule has 0 bridgehead atoms. The third-order valence-electron chi connectivity index (χ3n) is 4.61. The van der Waals surface area contributed by atoms with E-state index in [0.717, 1.165) is 51.3 Å². The number of hydrogen-bond donors (Lipinski definition) is 1. The number of piperidine rings is 1. The molecule has 1 unspecified atom stereocenters. The predicted molar refractivity (Wildman–Crippen MR) is 85.8 cm³/mol. The zero-order valence-electron chi connectivity index (χ0n) is 14.2. The zero-order chi connectivity index (χ0) is 16.8. The van der Waals surface area contributed by atoms with Crippen molar-refractivity contribution in [2.24, 2.45) is 0 Å². The molecular weight excluding hydrogens is 312 g/mol. The van der Waals surface area contributed by atoms with Gasteiger partial charge in [-0.25, -0.2) is 4.79 Å². The SMILES string of the molecule is CNC(=O)N1CCCC(OCCc2noc(C3CCOCC3)n2)C1. The molecule has 3 heterocycles. The van der Waals surface area contributed by atoms with E-state index in [1.807, 2.05) is 0 Å². The number of ether oxygens (including phenoxy) is 2. The first kappa shape index (κ1) is 17.2. The molecule has 1 aromatic rings. The van der Waals surface area contributed by atoms with Gasteiger partial charge in [-0.15, -0.1) is 0 Å². The van der Waals surface area contributed by atoms with Gasteiger partial charge in [0, 0.05) is 45.7 Å². The Morgan fingerprint density at radius 3 is 3.00 bits per heavy atom. The van der Waals surface area contributed by atoms with Crippen LogP contribution in [0.1, 0.15) is 43.3 Å². The van der Waals surface area contributed by atoms with E-state index in [-0.39, 0.29) is 12.1 Å². The molecule has 2 fully saturated rings. The lowest BCUT2D eigenvalue weighted by Gasteiger charge is -2.32. The smallest absolute Gasteiger partial charge is 0.317 e. The molecule has 1 atom stereocenters. The van der Waals surface area contributed by atoms with Crippen molar-refractivity contribution >= 4 is 6.03 Å². The van der Waals surface area contributed by atoms with Gasteiger partial charge < -0.3 is 24.2 Å². The van der Waals surface area contributed by atoms with Crippen LogP contribution in [0.25, 0.3) is 0 Å². The number of likely N-dealkylation sites (tertiary alicyclic amines) is 1. The summed E-state index contributed by atoms with van der Waals surface area (Å²) in [6.45, 7) is 3.49. The van der Waals surface area contributed by atoms with E-state index in [1.165, 1.54) is 0 Å². The number of urea groups is 1. The molecule has 0 aromatic carbocycles. The normalized spacial score (nSPS) is 22.5. The van der Waals surface area contributed by atoms with Crippen molar-refractivity contribution in [1.82, 2.24) is 20.4 Å². The highest BCUT2D eigenvalue weighted by atomic mass is 16.5. The summed E-state index contributed by atoms with van der Waals surface area (Å²) >= 11 is 0. The van der Waals surface area contributed by atoms with Gasteiger partial charge in [0.25, 0.3) is 0 Å². The molecule has 2 aliphatic heterocycles. The zero-order valence-corrected chi connectivity index (χ0v) is 14.2. The molecule has 2 amide bonds. The highest BCUT2D eigenvalue weighted by molar-refractivity contribution is 5.73. The van der Waals surface area contributed by atoms with Crippen molar-refractivity contribution in [1.29, 1.82) is 0 Å². The van der Waals surface area contributed by atoms with Crippen LogP contribution in [0, 0.1) is 0 Å². The number of rotatable bonds is 5. The quantitative estimate of drug-likeness (QED) is 0.871. The van der Waals surface area contributed by atoms with Crippen molar-refractivity contribution in [3.63, 3.8) is 0 Å². The van der Waals surface area contributed by atoms with Gasteiger partial charge in [0.1, 0.15) is 0 Å². The topological polar surface area (TPSA) is 89.7 Å². The summed E-state index contributed by atoms with van der Waals surface area (Å²) in [4.78, 5) is 18.0. The van der Waals surface area contributed by atoms with Crippen molar-refractivity contribution in [2.75, 3.05) is 40.0 Å². The lowest BCUT2D eigenvalue weighted by Crippen LogP contribution is -2.46. The van der Waals surface area contributed by atoms with Crippen LogP contribution in [0.15, 0.2) is 4.52 Å². The standard InChI is InChI=1S/C16H26N4O4/c1-17-16(21)20-7-2-3-13(11-20)23-10-6-14-18-15(24-19-14)12-4-8-22-9-5-12/h12-13H,2-11H2,1H3,(H,17,21). The summed E-state index contributed by atoms with van der Waals surface area (Å²) in [5.41, 5.74) is 0. The van der Waals surface area contributed by atoms with Gasteiger partial charge in [-0.1, -0.05) is 5.16 Å². The maximum atomic E-state index is 11.7. The number of carbonyl (C=O) groups excluding carboxylic acids is 1. The van der Waals surface area contributed by atoms with Crippen LogP contribution < -0.4 is 5.32 Å². The molecule has 0 radical (unpaired) electrons. The van der Waals surface area contributed by atoms with Gasteiger partial charge in [0.15, 0.2) is 5.82 Å². The molecule has 2 aliphatic rings. The van der Waals surface area contributed by atoms with Crippen molar-refractivity contribution in [3.8, 4) is 0 Å². The summed E-state index contributed by atoms with van der Waals surface area (Å²) < 4.78 is 16.6. The average molecular weight is 338 g/mol. The molecular formula is C16H26N4O4. The number of hydrogen-bond acceptors (Lipinski definition) is 6. The minimum absolute atomic E-state index is 0.0393. The van der Waals surface area contributed by atoms with Gasteiger partial charge in [0.2, 0.25) is 5.89 Å². The fourth-order valence-corrected chi connectivity index (χ4v) is 3.21. The van der Waals surface area contributed by atoms with Crippen molar-refractivity contribution < 1.29 is 18.8 Å². The highest BCUT2D eigenvalue weighted by Crippen LogP contribution is 2.25. The lowest BCUT2D eigenvalue weighted by atomic mass is 10.0. The van der Waals surface area contributed by atoms with Crippen LogP contribution in [0.5, 0.6) is 0 Å². The van der Waals surface area contributed by atoms with Gasteiger partial charge in [-0.3, -0.25) is 0 Å². The molecule has 8 nitrogen and oxygen atoms in total. The predicted octanol–water partition coefficient (Wildman–Crippen LogP) is 1.33. The molecule has 0 aliphatic carbocycles. The van der Waals surface area contributed by atoms with E-state index in [9.17, 15) is 4.79 Å². The van der Waals surface area contributed by atoms with E-state index in [2.05, 4.69) is 15.5 Å². The molecule has 134 valence electrons. The van der Waals surface area contributed by atoms with E-state index in [1.54, 1.807) is 11.9 Å². The summed E-state index contributed by atoms with van der Waals surface area (Å²) in [7, 11) is 1.65. The van der Waals surface area contributed by atoms with Crippen LogP contribution in [0.2, 0.25) is 0 Å². The van der Waals surface area contributed by atoms with Crippen LogP contribution in [0.3, 0.4) is 0 Å². The second-order valence-corrected chi connectivity index (χ2v) is 6.32. The Bertz CT molecular complexity index is 530. The molecule has 1 N–H and O–H groups in total. The fourth-order valence-electron chi connectivity index (χ4n) is 3.21. The number of aromatic nitrogens is 2. The van der Waals surface area contributed by atoms with E-state index in [4.69, 9.17) is 14.0 Å². The van der Waals surface area contributed by atoms with Gasteiger partial charge in [-0.2, -0.15) is 4.98 Å². The Labute approximate surface area is 141 Å². The lowest BCUT2D eigenvalue weighted by molar-refractivity contribution is 0.0107. The van der Waals surface area contributed by atoms with Crippen LogP contribution in [-0.4, -0.2) is 67.1 Å². The second-order valence-electron chi connectivity index (χ2n) is 6.32. The Hall–Kier alpha value is -1.67. The molecule has 1 aromatic heterocycles. The molecule has 8 heteroatoms. The van der Waals surface area contributed by atoms with Crippen LogP contribution in [-0.2, 0) is 15.9 Å². The molecule has 0 spiro atoms. The summed E-state index contributed by atoms with van der Waals surface area (Å²) in [6.07, 6.45) is 4.54. The van der Waals surface area contributed by atoms with Gasteiger partial charge >= 0.3 is 6.03 Å². The fraction of sp³-hybridized carbons (Fsp3) is 0.812. The van der Waals surface area contributed by atoms with Crippen molar-refractivity contribution in [2.45, 2.75) is 44.1 Å². The molecule has 2 saturated heterocycles. The van der Waals surface area contributed by atoms with Gasteiger partial charge in [-0.05, 0) is 25.7 Å². The monoisotopic (exact) mass is 338 g/mol. The third kappa shape index (κ3) is 4.45. The summed E-state index contributed by atoms with van der Waals surface area (Å²) in [5.74, 6) is 1.73. The molecule has 24 heavy (non-hydrogen) atoms. The Balaban J connectivity index is 1.41. The van der Waals surface area contributed by atoms with Crippen LogP contribution >= 0.6 is 0 Å². The highest BCUT2D eigenvalue weighted by Gasteiger charge is 2.24.